The summed E-state index contributed by atoms with van der Waals surface area (Å²) < 4.78 is 0. The lowest BCUT2D eigenvalue weighted by Crippen LogP contribution is -2.40. The fraction of sp³-hybridized carbons (Fsp3) is 0.375. The van der Waals surface area contributed by atoms with Crippen molar-refractivity contribution >= 4 is 35.3 Å². The molecule has 1 aromatic heterocycles. The van der Waals surface area contributed by atoms with Gasteiger partial charge in [-0.15, -0.1) is 0 Å². The van der Waals surface area contributed by atoms with Crippen LogP contribution in [-0.4, -0.2) is 40.6 Å². The molecule has 0 radical (unpaired) electrons. The largest absolute Gasteiger partial charge is 0.339 e. The van der Waals surface area contributed by atoms with Crippen LogP contribution in [0.4, 0.5) is 0 Å². The van der Waals surface area contributed by atoms with Gasteiger partial charge in [-0.05, 0) is 68.5 Å². The third-order valence-corrected chi connectivity index (χ3v) is 6.71. The molecule has 1 amide bonds. The molecule has 1 aromatic carbocycles. The van der Waals surface area contributed by atoms with Crippen LogP contribution >= 0.6 is 23.2 Å². The van der Waals surface area contributed by atoms with Crippen molar-refractivity contribution in [1.29, 1.82) is 0 Å². The highest BCUT2D eigenvalue weighted by Crippen LogP contribution is 2.34. The Bertz CT molecular complexity index is 982. The van der Waals surface area contributed by atoms with Gasteiger partial charge < -0.3 is 4.90 Å². The summed E-state index contributed by atoms with van der Waals surface area (Å²) in [6.07, 6.45) is 9.88. The van der Waals surface area contributed by atoms with Gasteiger partial charge in [-0.25, -0.2) is 0 Å². The summed E-state index contributed by atoms with van der Waals surface area (Å²) in [5.41, 5.74) is 2.48. The van der Waals surface area contributed by atoms with Crippen molar-refractivity contribution in [2.45, 2.75) is 38.1 Å². The van der Waals surface area contributed by atoms with E-state index in [0.29, 0.717) is 21.5 Å². The van der Waals surface area contributed by atoms with Crippen molar-refractivity contribution in [1.82, 2.24) is 9.88 Å². The van der Waals surface area contributed by atoms with Gasteiger partial charge in [0, 0.05) is 42.7 Å². The van der Waals surface area contributed by atoms with E-state index in [1.807, 2.05) is 30.2 Å². The van der Waals surface area contributed by atoms with E-state index >= 15 is 0 Å². The Morgan fingerprint density at radius 1 is 1.17 bits per heavy atom. The summed E-state index contributed by atoms with van der Waals surface area (Å²) in [5, 5.41) is 0.875. The quantitative estimate of drug-likeness (QED) is 0.609. The third kappa shape index (κ3) is 4.76. The fourth-order valence-corrected chi connectivity index (χ4v) is 4.72. The minimum absolute atomic E-state index is 0.0180. The first-order valence-corrected chi connectivity index (χ1v) is 11.1. The van der Waals surface area contributed by atoms with Crippen molar-refractivity contribution < 1.29 is 4.79 Å². The molecule has 30 heavy (non-hydrogen) atoms. The van der Waals surface area contributed by atoms with Crippen molar-refractivity contribution in [2.75, 3.05) is 13.1 Å². The third-order valence-electron chi connectivity index (χ3n) is 5.97. The molecule has 2 aromatic rings. The normalized spacial score (nSPS) is 21.4. The van der Waals surface area contributed by atoms with E-state index in [4.69, 9.17) is 28.2 Å². The van der Waals surface area contributed by atoms with Crippen LogP contribution in [0.2, 0.25) is 10.0 Å². The molecular weight excluding hydrogens is 417 g/mol. The zero-order valence-corrected chi connectivity index (χ0v) is 18.5. The number of piperidine rings is 1. The Kier molecular flexibility index (Phi) is 6.26. The fourth-order valence-electron chi connectivity index (χ4n) is 4.42. The predicted octanol–water partition coefficient (Wildman–Crippen LogP) is 5.56. The molecule has 1 saturated heterocycles. The average molecular weight is 442 g/mol. The van der Waals surface area contributed by atoms with Gasteiger partial charge in [0.25, 0.3) is 5.91 Å². The molecule has 0 saturated carbocycles. The van der Waals surface area contributed by atoms with Crippen LogP contribution < -0.4 is 0 Å². The number of halogens is 2. The number of hydrogen-bond acceptors (Lipinski definition) is 3. The van der Waals surface area contributed by atoms with Crippen LogP contribution in [0.15, 0.2) is 53.5 Å². The Morgan fingerprint density at radius 3 is 2.63 bits per heavy atom. The van der Waals surface area contributed by atoms with Gasteiger partial charge in [0.05, 0.1) is 15.6 Å². The van der Waals surface area contributed by atoms with Crippen molar-refractivity contribution in [3.63, 3.8) is 0 Å². The number of nitrogens with zero attached hydrogens (tertiary/aromatic N) is 3. The second-order valence-corrected chi connectivity index (χ2v) is 9.07. The summed E-state index contributed by atoms with van der Waals surface area (Å²) in [4.78, 5) is 24.2. The Morgan fingerprint density at radius 2 is 1.97 bits per heavy atom. The van der Waals surface area contributed by atoms with Crippen LogP contribution in [0.25, 0.3) is 0 Å². The summed E-state index contributed by atoms with van der Waals surface area (Å²) in [6.45, 7) is 3.51. The molecule has 156 valence electrons. The van der Waals surface area contributed by atoms with E-state index in [9.17, 15) is 4.79 Å². The first-order chi connectivity index (χ1) is 14.4. The Hall–Kier alpha value is -2.17. The van der Waals surface area contributed by atoms with Crippen LogP contribution in [0.1, 0.15) is 41.0 Å². The zero-order valence-electron chi connectivity index (χ0n) is 17.0. The standard InChI is InChI=1S/C24H25Cl2N3O/c1-17-4-2-5-20(28-17)16-24(10-3-11-27-24)15-18-8-12-29(13-9-18)23(30)19-6-7-21(25)22(26)14-19/h2-7,10-11,14,18H,8-9,12-13,15-16H2,1H3. The van der Waals surface area contributed by atoms with Gasteiger partial charge in [0.15, 0.2) is 0 Å². The molecule has 0 aliphatic carbocycles. The highest BCUT2D eigenvalue weighted by atomic mass is 35.5. The summed E-state index contributed by atoms with van der Waals surface area (Å²) in [6, 6.07) is 11.2. The molecule has 2 aliphatic rings. The van der Waals surface area contributed by atoms with Crippen molar-refractivity contribution in [2.24, 2.45) is 10.9 Å². The number of amides is 1. The van der Waals surface area contributed by atoms with Crippen LogP contribution in [0, 0.1) is 12.8 Å². The van der Waals surface area contributed by atoms with E-state index in [2.05, 4.69) is 23.2 Å². The molecule has 0 spiro atoms. The number of benzene rings is 1. The van der Waals surface area contributed by atoms with Crippen LogP contribution in [-0.2, 0) is 6.42 Å². The molecule has 4 nitrogen and oxygen atoms in total. The van der Waals surface area contributed by atoms with E-state index in [1.165, 1.54) is 0 Å². The summed E-state index contributed by atoms with van der Waals surface area (Å²) in [5.74, 6) is 0.539. The minimum Gasteiger partial charge on any atom is -0.339 e. The van der Waals surface area contributed by atoms with E-state index in [-0.39, 0.29) is 11.4 Å². The van der Waals surface area contributed by atoms with E-state index < -0.39 is 0 Å². The molecule has 1 fully saturated rings. The van der Waals surface area contributed by atoms with Gasteiger partial charge in [-0.3, -0.25) is 14.8 Å². The average Bonchev–Trinajstić information content (AvgIpc) is 3.18. The number of likely N-dealkylation sites (tertiary alicyclic amines) is 1. The van der Waals surface area contributed by atoms with Crippen LogP contribution in [0.5, 0.6) is 0 Å². The highest BCUT2D eigenvalue weighted by molar-refractivity contribution is 6.42. The number of allylic oxidation sites excluding steroid dienone is 1. The van der Waals surface area contributed by atoms with Crippen molar-refractivity contribution in [3.8, 4) is 0 Å². The molecule has 4 rings (SSSR count). The van der Waals surface area contributed by atoms with Gasteiger partial charge in [0.1, 0.15) is 0 Å². The molecule has 3 heterocycles. The monoisotopic (exact) mass is 441 g/mol. The number of rotatable bonds is 5. The number of carbonyl (C=O) groups excluding carboxylic acids is 1. The summed E-state index contributed by atoms with van der Waals surface area (Å²) in [7, 11) is 0. The second-order valence-electron chi connectivity index (χ2n) is 8.26. The first-order valence-electron chi connectivity index (χ1n) is 10.3. The van der Waals surface area contributed by atoms with Gasteiger partial charge in [-0.2, -0.15) is 0 Å². The number of pyridine rings is 1. The zero-order chi connectivity index (χ0) is 21.1. The smallest absolute Gasteiger partial charge is 0.253 e. The predicted molar refractivity (Wildman–Crippen MR) is 123 cm³/mol. The number of carbonyl (C=O) groups is 1. The SMILES string of the molecule is Cc1cccc(CC2(CC3CCN(C(=O)c4ccc(Cl)c(Cl)c4)CC3)C=CC=N2)n1. The number of aliphatic imine (C=N–C) groups is 1. The minimum atomic E-state index is -0.221. The molecule has 6 heteroatoms. The summed E-state index contributed by atoms with van der Waals surface area (Å²) >= 11 is 12.1. The lowest BCUT2D eigenvalue weighted by Gasteiger charge is -2.36. The molecule has 2 aliphatic heterocycles. The topological polar surface area (TPSA) is 45.6 Å². The Balaban J connectivity index is 1.38. The van der Waals surface area contributed by atoms with Crippen LogP contribution in [0.3, 0.4) is 0 Å². The molecule has 1 atom stereocenters. The van der Waals surface area contributed by atoms with Gasteiger partial charge >= 0.3 is 0 Å². The number of aryl methyl sites for hydroxylation is 1. The first kappa shape index (κ1) is 21.1. The number of hydrogen-bond donors (Lipinski definition) is 0. The maximum atomic E-state index is 12.8. The molecule has 0 N–H and O–H groups in total. The van der Waals surface area contributed by atoms with Gasteiger partial charge in [0.2, 0.25) is 0 Å². The van der Waals surface area contributed by atoms with Gasteiger partial charge in [-0.1, -0.05) is 35.3 Å². The Labute approximate surface area is 187 Å². The van der Waals surface area contributed by atoms with E-state index in [0.717, 1.165) is 50.2 Å². The lowest BCUT2D eigenvalue weighted by molar-refractivity contribution is 0.0679. The highest BCUT2D eigenvalue weighted by Gasteiger charge is 2.34. The number of aromatic nitrogens is 1. The van der Waals surface area contributed by atoms with E-state index in [1.54, 1.807) is 18.2 Å². The molecule has 1 unspecified atom stereocenters. The van der Waals surface area contributed by atoms with Crippen molar-refractivity contribution in [3.05, 3.63) is 75.5 Å². The lowest BCUT2D eigenvalue weighted by atomic mass is 9.80. The molecule has 0 bridgehead atoms. The maximum absolute atomic E-state index is 12.8. The maximum Gasteiger partial charge on any atom is 0.253 e. The molecular formula is C24H25Cl2N3O. The second kappa shape index (κ2) is 8.91.